The van der Waals surface area contributed by atoms with Gasteiger partial charge < -0.3 is 25.2 Å². The molecule has 4 rings (SSSR count). The molecule has 0 aliphatic heterocycles. The van der Waals surface area contributed by atoms with Crippen LogP contribution in [0, 0.1) is 11.8 Å². The number of aliphatic hydroxyl groups excluding tert-OH is 2. The number of carbonyl (C=O) groups excluding carboxylic acids is 4. The first-order chi connectivity index (χ1) is 15.9. The van der Waals surface area contributed by atoms with Gasteiger partial charge >= 0.3 is 0 Å². The van der Waals surface area contributed by atoms with E-state index in [9.17, 15) is 39.6 Å². The summed E-state index contributed by atoms with van der Waals surface area (Å²) in [6.07, 6.45) is 1.23. The van der Waals surface area contributed by atoms with E-state index >= 15 is 0 Å². The number of allylic oxidation sites excluding steroid dienone is 1. The first kappa shape index (κ1) is 23.9. The molecule has 1 aromatic carbocycles. The fourth-order valence-corrected chi connectivity index (χ4v) is 5.75. The number of aryl methyl sites for hydroxylation is 2. The molecule has 0 bridgehead atoms. The Morgan fingerprint density at radius 1 is 1.09 bits per heavy atom. The molecule has 1 aromatic rings. The standard InChI is InChI=1S/C26H28O8/c1-4-13-7-14(6-5-11(2)27)22(30)21-17(13)9-15-8-16-10-18(29)19(12(3)28)24(32)26(16,34)25(33)20(15)23(21)31/h7,15-16,30-32,34H,4-6,8-10H2,1-3H3/t15-,16+,26-/m1/s1. The van der Waals surface area contributed by atoms with Gasteiger partial charge in [0.1, 0.15) is 28.6 Å². The molecular formula is C26H28O8. The number of fused-ring (bicyclic) bond motifs is 3. The van der Waals surface area contributed by atoms with Crippen LogP contribution in [0.3, 0.4) is 0 Å². The van der Waals surface area contributed by atoms with Crippen LogP contribution in [0.4, 0.5) is 0 Å². The number of rotatable bonds is 5. The maximum atomic E-state index is 13.6. The van der Waals surface area contributed by atoms with Crippen molar-refractivity contribution in [1.29, 1.82) is 0 Å². The third kappa shape index (κ3) is 3.31. The Hall–Kier alpha value is -3.26. The van der Waals surface area contributed by atoms with Crippen LogP contribution in [0.2, 0.25) is 0 Å². The van der Waals surface area contributed by atoms with Crippen LogP contribution in [-0.4, -0.2) is 49.2 Å². The second-order valence-corrected chi connectivity index (χ2v) is 9.55. The van der Waals surface area contributed by atoms with Gasteiger partial charge in [-0.15, -0.1) is 0 Å². The molecule has 0 amide bonds. The predicted molar refractivity (Wildman–Crippen MR) is 121 cm³/mol. The number of phenolic OH excluding ortho intramolecular Hbond substituents is 1. The topological polar surface area (TPSA) is 149 Å². The smallest absolute Gasteiger partial charge is 0.202 e. The van der Waals surface area contributed by atoms with Crippen LogP contribution in [0.25, 0.3) is 5.76 Å². The predicted octanol–water partition coefficient (Wildman–Crippen LogP) is 2.61. The molecule has 3 atom stereocenters. The number of Topliss-reactive ketones (excluding diaryl/α,β-unsaturated/α-hetero) is 4. The Labute approximate surface area is 196 Å². The van der Waals surface area contributed by atoms with E-state index < -0.39 is 51.9 Å². The van der Waals surface area contributed by atoms with Gasteiger partial charge in [0.05, 0.1) is 5.56 Å². The maximum Gasteiger partial charge on any atom is 0.202 e. The molecule has 180 valence electrons. The molecule has 0 spiro atoms. The van der Waals surface area contributed by atoms with Gasteiger partial charge in [-0.25, -0.2) is 0 Å². The average Bonchev–Trinajstić information content (AvgIpc) is 2.75. The summed E-state index contributed by atoms with van der Waals surface area (Å²) in [5, 5.41) is 44.2. The lowest BCUT2D eigenvalue weighted by atomic mass is 9.59. The molecule has 8 nitrogen and oxygen atoms in total. The van der Waals surface area contributed by atoms with Crippen molar-refractivity contribution in [2.24, 2.45) is 11.8 Å². The van der Waals surface area contributed by atoms with Gasteiger partial charge in [0, 0.05) is 24.3 Å². The summed E-state index contributed by atoms with van der Waals surface area (Å²) in [6, 6.07) is 1.81. The second-order valence-electron chi connectivity index (χ2n) is 9.55. The minimum atomic E-state index is -2.50. The Morgan fingerprint density at radius 2 is 1.76 bits per heavy atom. The molecular weight excluding hydrogens is 440 g/mol. The van der Waals surface area contributed by atoms with Crippen molar-refractivity contribution in [3.05, 3.63) is 45.2 Å². The van der Waals surface area contributed by atoms with Crippen LogP contribution < -0.4 is 0 Å². The summed E-state index contributed by atoms with van der Waals surface area (Å²) in [4.78, 5) is 49.5. The van der Waals surface area contributed by atoms with Crippen molar-refractivity contribution < 1.29 is 39.6 Å². The molecule has 8 heteroatoms. The van der Waals surface area contributed by atoms with Gasteiger partial charge in [0.15, 0.2) is 17.2 Å². The molecule has 0 saturated heterocycles. The Kier molecular flexibility index (Phi) is 5.76. The summed E-state index contributed by atoms with van der Waals surface area (Å²) < 4.78 is 0. The van der Waals surface area contributed by atoms with Gasteiger partial charge in [-0.1, -0.05) is 13.0 Å². The summed E-state index contributed by atoms with van der Waals surface area (Å²) in [6.45, 7) is 4.44. The van der Waals surface area contributed by atoms with Crippen molar-refractivity contribution in [2.45, 2.75) is 64.9 Å². The van der Waals surface area contributed by atoms with Crippen LogP contribution in [0.15, 0.2) is 23.0 Å². The first-order valence-electron chi connectivity index (χ1n) is 11.5. The summed E-state index contributed by atoms with van der Waals surface area (Å²) in [5.74, 6) is -5.53. The van der Waals surface area contributed by atoms with Crippen molar-refractivity contribution in [3.8, 4) is 5.75 Å². The lowest BCUT2D eigenvalue weighted by Gasteiger charge is -2.46. The third-order valence-corrected chi connectivity index (χ3v) is 7.47. The van der Waals surface area contributed by atoms with Crippen LogP contribution in [0.1, 0.15) is 62.3 Å². The fourth-order valence-electron chi connectivity index (χ4n) is 5.75. The minimum Gasteiger partial charge on any atom is -0.508 e. The lowest BCUT2D eigenvalue weighted by molar-refractivity contribution is -0.147. The lowest BCUT2D eigenvalue weighted by Crippen LogP contribution is -2.57. The van der Waals surface area contributed by atoms with E-state index in [2.05, 4.69) is 0 Å². The number of benzene rings is 1. The van der Waals surface area contributed by atoms with E-state index in [-0.39, 0.29) is 48.4 Å². The second kappa shape index (κ2) is 8.20. The minimum absolute atomic E-state index is 0.0519. The highest BCUT2D eigenvalue weighted by Gasteiger charge is 2.60. The molecule has 1 saturated carbocycles. The molecule has 0 unspecified atom stereocenters. The zero-order valence-electron chi connectivity index (χ0n) is 19.4. The van der Waals surface area contributed by atoms with Crippen molar-refractivity contribution in [1.82, 2.24) is 0 Å². The van der Waals surface area contributed by atoms with Crippen LogP contribution >= 0.6 is 0 Å². The average molecular weight is 469 g/mol. The summed E-state index contributed by atoms with van der Waals surface area (Å²) >= 11 is 0. The number of aromatic hydroxyl groups is 1. The van der Waals surface area contributed by atoms with Crippen molar-refractivity contribution in [2.75, 3.05) is 0 Å². The summed E-state index contributed by atoms with van der Waals surface area (Å²) in [5.41, 5.74) is -1.10. The molecule has 4 N–H and O–H groups in total. The number of carbonyl (C=O) groups is 4. The molecule has 0 aromatic heterocycles. The van der Waals surface area contributed by atoms with E-state index in [1.807, 2.05) is 13.0 Å². The Morgan fingerprint density at radius 3 is 2.35 bits per heavy atom. The fraction of sp³-hybridized carbons (Fsp3) is 0.462. The molecule has 3 aliphatic rings. The van der Waals surface area contributed by atoms with Gasteiger partial charge in [0.25, 0.3) is 0 Å². The zero-order chi connectivity index (χ0) is 25.1. The monoisotopic (exact) mass is 468 g/mol. The summed E-state index contributed by atoms with van der Waals surface area (Å²) in [7, 11) is 0. The van der Waals surface area contributed by atoms with Gasteiger partial charge in [-0.2, -0.15) is 0 Å². The first-order valence-corrected chi connectivity index (χ1v) is 11.5. The molecule has 0 radical (unpaired) electrons. The van der Waals surface area contributed by atoms with Gasteiger partial charge in [-0.3, -0.25) is 14.4 Å². The number of hydrogen-bond donors (Lipinski definition) is 4. The highest BCUT2D eigenvalue weighted by atomic mass is 16.3. The number of aliphatic hydroxyl groups is 3. The SMILES string of the molecule is CCc1cc(CCC(C)=O)c(O)c2c1C[C@H]1C[C@H]3CC(=O)C(C(C)=O)=C(O)[C@@]3(O)C(=O)C1=C2O. The van der Waals surface area contributed by atoms with Crippen LogP contribution in [-0.2, 0) is 38.4 Å². The molecule has 3 aliphatic carbocycles. The molecule has 1 fully saturated rings. The van der Waals surface area contributed by atoms with E-state index in [0.717, 1.165) is 12.5 Å². The molecule has 0 heterocycles. The van der Waals surface area contributed by atoms with Crippen molar-refractivity contribution in [3.63, 3.8) is 0 Å². The van der Waals surface area contributed by atoms with Crippen LogP contribution in [0.5, 0.6) is 5.75 Å². The van der Waals surface area contributed by atoms with E-state index in [4.69, 9.17) is 0 Å². The van der Waals surface area contributed by atoms with Gasteiger partial charge in [-0.05, 0) is 62.1 Å². The van der Waals surface area contributed by atoms with Crippen molar-refractivity contribution >= 4 is 28.9 Å². The van der Waals surface area contributed by atoms with E-state index in [1.165, 1.54) is 6.92 Å². The van der Waals surface area contributed by atoms with E-state index in [0.29, 0.717) is 24.0 Å². The van der Waals surface area contributed by atoms with E-state index in [1.54, 1.807) is 0 Å². The zero-order valence-corrected chi connectivity index (χ0v) is 19.4. The quantitative estimate of drug-likeness (QED) is 0.482. The maximum absolute atomic E-state index is 13.6. The molecule has 34 heavy (non-hydrogen) atoms. The highest BCUT2D eigenvalue weighted by Crippen LogP contribution is 2.52. The highest BCUT2D eigenvalue weighted by molar-refractivity contribution is 6.23. The Balaban J connectivity index is 1.91. The Bertz CT molecular complexity index is 1220. The number of ketones is 4. The number of hydrogen-bond acceptors (Lipinski definition) is 8. The van der Waals surface area contributed by atoms with Gasteiger partial charge in [0.2, 0.25) is 5.78 Å². The third-order valence-electron chi connectivity index (χ3n) is 7.47. The number of phenols is 1. The largest absolute Gasteiger partial charge is 0.508 e. The normalized spacial score (nSPS) is 26.2.